The highest BCUT2D eigenvalue weighted by atomic mass is 35.5. The van der Waals surface area contributed by atoms with Crippen LogP contribution in [0.25, 0.3) is 0 Å². The summed E-state index contributed by atoms with van der Waals surface area (Å²) in [4.78, 5) is 28.5. The minimum absolute atomic E-state index is 0.000765. The molecule has 1 spiro atoms. The Balaban J connectivity index is 1.39. The van der Waals surface area contributed by atoms with E-state index in [4.69, 9.17) is 32.7 Å². The van der Waals surface area contributed by atoms with Crippen molar-refractivity contribution in [3.8, 4) is 11.5 Å². The number of nitrogens with one attached hydrogen (secondary N) is 1. The normalized spacial score (nSPS) is 28.4. The van der Waals surface area contributed by atoms with Gasteiger partial charge in [0.15, 0.2) is 17.6 Å². The predicted molar refractivity (Wildman–Crippen MR) is 158 cm³/mol. The van der Waals surface area contributed by atoms with Crippen molar-refractivity contribution in [1.29, 1.82) is 0 Å². The van der Waals surface area contributed by atoms with E-state index in [2.05, 4.69) is 10.2 Å². The zero-order valence-corrected chi connectivity index (χ0v) is 25.2. The molecule has 0 radical (unpaired) electrons. The van der Waals surface area contributed by atoms with E-state index in [1.54, 1.807) is 19.9 Å². The van der Waals surface area contributed by atoms with Crippen LogP contribution in [-0.4, -0.2) is 69.5 Å². The quantitative estimate of drug-likeness (QED) is 0.191. The van der Waals surface area contributed by atoms with Gasteiger partial charge in [-0.2, -0.15) is 0 Å². The molecule has 9 nitrogen and oxygen atoms in total. The number of anilines is 1. The standard InChI is InChI=1S/C31H34Cl2N2O7/c1-4-41-29(39)23-19(33)12-18(32)13-20(23)34-28(38)15(2)25(37)27-31-9-10-35(14-16-5-6-16)22(30(31,3)40)11-17-7-8-21(36)26(42-27)24(17)31/h7-8,12-13,16,22,27,36-37,40H,4-6,9-11,14H2,1-3H3,(H,34,38)/b25-15-/t22-,27+,30-,31+/m1/s1. The molecule has 1 amide bonds. The van der Waals surface area contributed by atoms with Crippen LogP contribution in [0.15, 0.2) is 35.6 Å². The summed E-state index contributed by atoms with van der Waals surface area (Å²) in [5.74, 6) is -1.09. The summed E-state index contributed by atoms with van der Waals surface area (Å²) >= 11 is 12.5. The third kappa shape index (κ3) is 4.35. The summed E-state index contributed by atoms with van der Waals surface area (Å²) in [5.41, 5.74) is -0.958. The third-order valence-corrected chi connectivity index (χ3v) is 10.0. The highest BCUT2D eigenvalue weighted by molar-refractivity contribution is 6.37. The molecule has 224 valence electrons. The lowest BCUT2D eigenvalue weighted by Crippen LogP contribution is -2.73. The molecule has 1 saturated carbocycles. The van der Waals surface area contributed by atoms with Gasteiger partial charge in [0, 0.05) is 23.2 Å². The maximum atomic E-state index is 13.6. The summed E-state index contributed by atoms with van der Waals surface area (Å²) in [7, 11) is 0. The van der Waals surface area contributed by atoms with Crippen LogP contribution in [-0.2, 0) is 21.4 Å². The van der Waals surface area contributed by atoms with Crippen molar-refractivity contribution in [3.63, 3.8) is 0 Å². The molecule has 2 fully saturated rings. The van der Waals surface area contributed by atoms with Gasteiger partial charge in [0.1, 0.15) is 11.3 Å². The Morgan fingerprint density at radius 3 is 2.67 bits per heavy atom. The Morgan fingerprint density at radius 1 is 1.24 bits per heavy atom. The van der Waals surface area contributed by atoms with E-state index in [0.29, 0.717) is 30.9 Å². The largest absolute Gasteiger partial charge is 0.508 e. The third-order valence-electron chi connectivity index (χ3n) is 9.50. The van der Waals surface area contributed by atoms with Crippen molar-refractivity contribution in [2.75, 3.05) is 25.0 Å². The van der Waals surface area contributed by atoms with E-state index >= 15 is 0 Å². The lowest BCUT2D eigenvalue weighted by atomic mass is 9.53. The van der Waals surface area contributed by atoms with Crippen molar-refractivity contribution in [2.45, 2.75) is 69.6 Å². The fraction of sp³-hybridized carbons (Fsp3) is 0.484. The molecule has 6 rings (SSSR count). The van der Waals surface area contributed by atoms with E-state index in [9.17, 15) is 24.9 Å². The predicted octanol–water partition coefficient (Wildman–Crippen LogP) is 5.14. The fourth-order valence-corrected chi connectivity index (χ4v) is 7.76. The number of likely N-dealkylation sites (tertiary alicyclic amines) is 1. The van der Waals surface area contributed by atoms with Crippen molar-refractivity contribution in [1.82, 2.24) is 4.90 Å². The number of carbonyl (C=O) groups is 2. The number of benzene rings is 2. The average Bonchev–Trinajstić information content (AvgIpc) is 3.66. The number of hydrogen-bond donors (Lipinski definition) is 4. The van der Waals surface area contributed by atoms with E-state index in [-0.39, 0.29) is 56.8 Å². The molecule has 2 aromatic rings. The summed E-state index contributed by atoms with van der Waals surface area (Å²) < 4.78 is 11.4. The number of fused-ring (bicyclic) bond motifs is 1. The molecule has 2 aliphatic carbocycles. The molecule has 2 aliphatic heterocycles. The van der Waals surface area contributed by atoms with Crippen molar-refractivity contribution in [3.05, 3.63) is 62.3 Å². The molecule has 42 heavy (non-hydrogen) atoms. The smallest absolute Gasteiger partial charge is 0.341 e. The minimum atomic E-state index is -1.35. The zero-order chi connectivity index (χ0) is 30.1. The number of rotatable bonds is 7. The number of aliphatic hydroxyl groups excluding tert-OH is 1. The SMILES string of the molecule is CCOC(=O)c1c(Cl)cc(Cl)cc1NC(=O)/C(C)=C(\O)[C@@H]1Oc2c(O)ccc3c2[C@@]12CCN(CC1CC1)[C@H](C3)[C@@]2(C)O. The maximum absolute atomic E-state index is 13.6. The second-order valence-corrected chi connectivity index (χ2v) is 12.8. The molecule has 0 unspecified atom stereocenters. The number of carbonyl (C=O) groups excluding carboxylic acids is 2. The Hall–Kier alpha value is -2.98. The number of aliphatic hydroxyl groups is 2. The Bertz CT molecular complexity index is 1520. The van der Waals surface area contributed by atoms with Gasteiger partial charge in [0.2, 0.25) is 0 Å². The van der Waals surface area contributed by atoms with Gasteiger partial charge in [-0.15, -0.1) is 0 Å². The van der Waals surface area contributed by atoms with Crippen molar-refractivity contribution in [2.24, 2.45) is 5.92 Å². The number of amides is 1. The van der Waals surface area contributed by atoms with Crippen LogP contribution in [0.2, 0.25) is 10.0 Å². The Morgan fingerprint density at radius 2 is 1.98 bits per heavy atom. The van der Waals surface area contributed by atoms with Gasteiger partial charge in [-0.1, -0.05) is 29.3 Å². The number of hydrogen-bond acceptors (Lipinski definition) is 8. The molecule has 2 aromatic carbocycles. The summed E-state index contributed by atoms with van der Waals surface area (Å²) in [5, 5.41) is 37.7. The maximum Gasteiger partial charge on any atom is 0.341 e. The van der Waals surface area contributed by atoms with Crippen LogP contribution < -0.4 is 10.1 Å². The first-order valence-electron chi connectivity index (χ1n) is 14.3. The van der Waals surface area contributed by atoms with E-state index in [1.165, 1.54) is 31.9 Å². The van der Waals surface area contributed by atoms with Crippen molar-refractivity contribution < 1.29 is 34.4 Å². The van der Waals surface area contributed by atoms with Crippen LogP contribution in [0, 0.1) is 5.92 Å². The summed E-state index contributed by atoms with van der Waals surface area (Å²) in [6.45, 7) is 6.53. The van der Waals surface area contributed by atoms with E-state index in [1.807, 2.05) is 6.07 Å². The summed E-state index contributed by atoms with van der Waals surface area (Å²) in [6, 6.07) is 5.94. The average molecular weight is 618 g/mol. The van der Waals surface area contributed by atoms with Crippen LogP contribution in [0.1, 0.15) is 61.5 Å². The second-order valence-electron chi connectivity index (χ2n) is 12.0. The van der Waals surface area contributed by atoms with Gasteiger partial charge >= 0.3 is 5.97 Å². The van der Waals surface area contributed by atoms with E-state index in [0.717, 1.165) is 12.1 Å². The topological polar surface area (TPSA) is 129 Å². The Labute approximate surface area is 254 Å². The minimum Gasteiger partial charge on any atom is -0.508 e. The molecule has 4 N–H and O–H groups in total. The zero-order valence-electron chi connectivity index (χ0n) is 23.7. The molecule has 1 saturated heterocycles. The first kappa shape index (κ1) is 29.1. The van der Waals surface area contributed by atoms with E-state index < -0.39 is 29.0 Å². The summed E-state index contributed by atoms with van der Waals surface area (Å²) in [6.07, 6.45) is 2.26. The molecular weight excluding hydrogens is 583 g/mol. The van der Waals surface area contributed by atoms with Crippen LogP contribution in [0.5, 0.6) is 11.5 Å². The number of halogens is 2. The number of nitrogens with zero attached hydrogens (tertiary/aromatic N) is 1. The highest BCUT2D eigenvalue weighted by Crippen LogP contribution is 2.63. The number of piperidine rings is 1. The van der Waals surface area contributed by atoms with Gasteiger partial charge in [0.05, 0.1) is 33.9 Å². The number of aromatic hydroxyl groups is 1. The highest BCUT2D eigenvalue weighted by Gasteiger charge is 2.69. The second kappa shape index (κ2) is 10.3. The van der Waals surface area contributed by atoms with Gasteiger partial charge in [-0.25, -0.2) is 4.79 Å². The first-order valence-corrected chi connectivity index (χ1v) is 15.0. The van der Waals surface area contributed by atoms with Gasteiger partial charge < -0.3 is 30.1 Å². The molecule has 4 atom stereocenters. The van der Waals surface area contributed by atoms with Crippen LogP contribution in [0.4, 0.5) is 5.69 Å². The molecule has 0 aromatic heterocycles. The fourth-order valence-electron chi connectivity index (χ4n) is 7.18. The molecule has 4 aliphatic rings. The van der Waals surface area contributed by atoms with Gasteiger partial charge in [-0.3, -0.25) is 9.69 Å². The van der Waals surface area contributed by atoms with Crippen LogP contribution >= 0.6 is 23.2 Å². The molecule has 2 bridgehead atoms. The first-order chi connectivity index (χ1) is 19.9. The number of ether oxygens (including phenoxy) is 2. The van der Waals surface area contributed by atoms with Gasteiger partial charge in [0.25, 0.3) is 5.91 Å². The Kier molecular flexibility index (Phi) is 7.16. The number of esters is 1. The van der Waals surface area contributed by atoms with Crippen LogP contribution in [0.3, 0.4) is 0 Å². The van der Waals surface area contributed by atoms with Gasteiger partial charge in [-0.05, 0) is 82.7 Å². The van der Waals surface area contributed by atoms with Crippen molar-refractivity contribution >= 4 is 40.8 Å². The number of phenols is 1. The molecule has 2 heterocycles. The number of phenolic OH excluding ortho intramolecular Hbond substituents is 1. The molecule has 11 heteroatoms. The lowest BCUT2D eigenvalue weighted by molar-refractivity contribution is -0.153. The molecular formula is C31H34Cl2N2O7. The lowest BCUT2D eigenvalue weighted by Gasteiger charge is -2.59. The monoisotopic (exact) mass is 616 g/mol.